The van der Waals surface area contributed by atoms with Crippen LogP contribution in [0.2, 0.25) is 0 Å². The lowest BCUT2D eigenvalue weighted by Crippen LogP contribution is -2.59. The monoisotopic (exact) mass is 323 g/mol. The van der Waals surface area contributed by atoms with Crippen molar-refractivity contribution in [3.8, 4) is 5.75 Å². The molecule has 4 atom stereocenters. The first-order chi connectivity index (χ1) is 8.67. The first kappa shape index (κ1) is 13.4. The molecule has 1 saturated heterocycles. The number of benzene rings is 1. The second-order valence-corrected chi connectivity index (χ2v) is 6.72. The van der Waals surface area contributed by atoms with Crippen LogP contribution in [0.1, 0.15) is 37.3 Å². The highest BCUT2D eigenvalue weighted by Crippen LogP contribution is 2.53. The molecule has 2 fully saturated rings. The van der Waals surface area contributed by atoms with Crippen LogP contribution in [-0.4, -0.2) is 17.7 Å². The van der Waals surface area contributed by atoms with Crippen LogP contribution in [0, 0.1) is 11.8 Å². The summed E-state index contributed by atoms with van der Waals surface area (Å²) >= 11 is 0. The standard InChI is InChI=1S/C16H21NO.BrH/c1-16-5-4-10-6-14(16)15(17-9-10)7-11-2-3-12(18)8-13(11)16;/h2-3,8,10,14-15,17-18H,4-7,9H2,1H3;1H/t10?,14?,15?,16-;/m0./s1. The lowest BCUT2D eigenvalue weighted by atomic mass is 9.53. The topological polar surface area (TPSA) is 32.3 Å². The third-order valence-corrected chi connectivity index (χ3v) is 5.78. The highest BCUT2D eigenvalue weighted by atomic mass is 79.9. The largest absolute Gasteiger partial charge is 0.508 e. The Morgan fingerprint density at radius 1 is 1.37 bits per heavy atom. The van der Waals surface area contributed by atoms with Crippen LogP contribution in [0.5, 0.6) is 5.75 Å². The van der Waals surface area contributed by atoms with Crippen LogP contribution in [0.4, 0.5) is 0 Å². The maximum absolute atomic E-state index is 9.81. The summed E-state index contributed by atoms with van der Waals surface area (Å²) in [5.41, 5.74) is 3.15. The Balaban J connectivity index is 0.00000110. The molecule has 4 rings (SSSR count). The van der Waals surface area contributed by atoms with Gasteiger partial charge in [0, 0.05) is 6.04 Å². The van der Waals surface area contributed by atoms with Gasteiger partial charge in [-0.2, -0.15) is 0 Å². The van der Waals surface area contributed by atoms with Gasteiger partial charge >= 0.3 is 0 Å². The first-order valence-electron chi connectivity index (χ1n) is 7.22. The predicted molar refractivity (Wildman–Crippen MR) is 82.1 cm³/mol. The maximum atomic E-state index is 9.81. The van der Waals surface area contributed by atoms with Crippen molar-refractivity contribution in [1.29, 1.82) is 0 Å². The Bertz CT molecular complexity index is 504. The minimum Gasteiger partial charge on any atom is -0.508 e. The molecule has 1 aromatic rings. The molecule has 2 nitrogen and oxygen atoms in total. The van der Waals surface area contributed by atoms with Gasteiger partial charge in [0.05, 0.1) is 0 Å². The quantitative estimate of drug-likeness (QED) is 0.768. The van der Waals surface area contributed by atoms with Gasteiger partial charge in [0.1, 0.15) is 5.75 Å². The highest BCUT2D eigenvalue weighted by Gasteiger charge is 2.50. The summed E-state index contributed by atoms with van der Waals surface area (Å²) in [5.74, 6) is 2.08. The third-order valence-electron chi connectivity index (χ3n) is 5.78. The second-order valence-electron chi connectivity index (χ2n) is 6.72. The minimum absolute atomic E-state index is 0. The fourth-order valence-electron chi connectivity index (χ4n) is 4.74. The molecule has 1 heterocycles. The van der Waals surface area contributed by atoms with E-state index in [1.807, 2.05) is 12.1 Å². The van der Waals surface area contributed by atoms with Crippen molar-refractivity contribution < 1.29 is 5.11 Å². The van der Waals surface area contributed by atoms with E-state index in [4.69, 9.17) is 0 Å². The van der Waals surface area contributed by atoms with E-state index in [2.05, 4.69) is 18.3 Å². The SMILES string of the molecule is Br.C[C@]12CCC3CNC(Cc4ccc(O)cc41)C2C3. The Labute approximate surface area is 125 Å². The molecule has 2 N–H and O–H groups in total. The number of phenols is 1. The number of fused-ring (bicyclic) bond motifs is 3. The van der Waals surface area contributed by atoms with Gasteiger partial charge < -0.3 is 10.4 Å². The molecule has 19 heavy (non-hydrogen) atoms. The van der Waals surface area contributed by atoms with Crippen molar-refractivity contribution in [1.82, 2.24) is 5.32 Å². The van der Waals surface area contributed by atoms with Gasteiger partial charge in [-0.15, -0.1) is 17.0 Å². The zero-order valence-corrected chi connectivity index (χ0v) is 13.1. The van der Waals surface area contributed by atoms with E-state index in [1.54, 1.807) is 0 Å². The van der Waals surface area contributed by atoms with Gasteiger partial charge in [-0.1, -0.05) is 13.0 Å². The molecule has 3 aliphatic rings. The van der Waals surface area contributed by atoms with Crippen molar-refractivity contribution >= 4 is 17.0 Å². The van der Waals surface area contributed by atoms with E-state index in [0.29, 0.717) is 11.8 Å². The average molecular weight is 324 g/mol. The summed E-state index contributed by atoms with van der Waals surface area (Å²) in [4.78, 5) is 0. The highest BCUT2D eigenvalue weighted by molar-refractivity contribution is 8.93. The van der Waals surface area contributed by atoms with Crippen LogP contribution < -0.4 is 5.32 Å². The van der Waals surface area contributed by atoms with Crippen molar-refractivity contribution in [3.05, 3.63) is 29.3 Å². The summed E-state index contributed by atoms with van der Waals surface area (Å²) < 4.78 is 0. The number of nitrogens with one attached hydrogen (secondary N) is 1. The lowest BCUT2D eigenvalue weighted by Gasteiger charge is -2.55. The van der Waals surface area contributed by atoms with E-state index < -0.39 is 0 Å². The predicted octanol–water partition coefficient (Wildman–Crippen LogP) is 3.17. The molecule has 3 unspecified atom stereocenters. The molecule has 0 amide bonds. The number of hydrogen-bond donors (Lipinski definition) is 2. The molecule has 1 aromatic carbocycles. The number of hydrogen-bond acceptors (Lipinski definition) is 2. The number of piperidine rings is 1. The zero-order chi connectivity index (χ0) is 12.3. The summed E-state index contributed by atoms with van der Waals surface area (Å²) in [6, 6.07) is 6.66. The van der Waals surface area contributed by atoms with Gasteiger partial charge in [-0.25, -0.2) is 0 Å². The summed E-state index contributed by atoms with van der Waals surface area (Å²) in [6.45, 7) is 3.63. The summed E-state index contributed by atoms with van der Waals surface area (Å²) in [7, 11) is 0. The molecule has 0 spiro atoms. The Kier molecular flexibility index (Phi) is 3.18. The Morgan fingerprint density at radius 3 is 3.05 bits per heavy atom. The smallest absolute Gasteiger partial charge is 0.115 e. The van der Waals surface area contributed by atoms with Gasteiger partial charge in [0.15, 0.2) is 0 Å². The van der Waals surface area contributed by atoms with Crippen LogP contribution in [0.25, 0.3) is 0 Å². The first-order valence-corrected chi connectivity index (χ1v) is 7.22. The third kappa shape index (κ3) is 1.85. The summed E-state index contributed by atoms with van der Waals surface area (Å²) in [5, 5.41) is 13.6. The molecule has 0 aromatic heterocycles. The molecular formula is C16H22BrNO. The van der Waals surface area contributed by atoms with Gasteiger partial charge in [0.2, 0.25) is 0 Å². The Hall–Kier alpha value is -0.540. The Morgan fingerprint density at radius 2 is 2.21 bits per heavy atom. The second kappa shape index (κ2) is 4.49. The minimum atomic E-state index is 0. The van der Waals surface area contributed by atoms with Crippen molar-refractivity contribution in [3.63, 3.8) is 0 Å². The fraction of sp³-hybridized carbons (Fsp3) is 0.625. The fourth-order valence-corrected chi connectivity index (χ4v) is 4.74. The number of aromatic hydroxyl groups is 1. The summed E-state index contributed by atoms with van der Waals surface area (Å²) in [6.07, 6.45) is 5.14. The van der Waals surface area contributed by atoms with E-state index in [0.717, 1.165) is 18.3 Å². The molecule has 1 aliphatic heterocycles. The van der Waals surface area contributed by atoms with E-state index in [1.165, 1.54) is 36.9 Å². The molecule has 1 saturated carbocycles. The average Bonchev–Trinajstić information content (AvgIpc) is 2.38. The molecular weight excluding hydrogens is 302 g/mol. The van der Waals surface area contributed by atoms with Crippen LogP contribution in [0.15, 0.2) is 18.2 Å². The normalized spacial score (nSPS) is 39.1. The zero-order valence-electron chi connectivity index (χ0n) is 11.4. The van der Waals surface area contributed by atoms with E-state index in [-0.39, 0.29) is 22.4 Å². The van der Waals surface area contributed by atoms with Gasteiger partial charge in [-0.3, -0.25) is 0 Å². The van der Waals surface area contributed by atoms with Gasteiger partial charge in [0.25, 0.3) is 0 Å². The van der Waals surface area contributed by atoms with Gasteiger partial charge in [-0.05, 0) is 72.7 Å². The molecule has 2 aliphatic carbocycles. The molecule has 3 heteroatoms. The van der Waals surface area contributed by atoms with Crippen molar-refractivity contribution in [2.75, 3.05) is 6.54 Å². The van der Waals surface area contributed by atoms with Crippen molar-refractivity contribution in [2.45, 2.75) is 44.1 Å². The van der Waals surface area contributed by atoms with Crippen LogP contribution >= 0.6 is 17.0 Å². The number of rotatable bonds is 0. The van der Waals surface area contributed by atoms with E-state index in [9.17, 15) is 5.11 Å². The van der Waals surface area contributed by atoms with Crippen LogP contribution in [0.3, 0.4) is 0 Å². The number of phenolic OH excluding ortho intramolecular Hbond substituents is 1. The molecule has 0 radical (unpaired) electrons. The van der Waals surface area contributed by atoms with Crippen molar-refractivity contribution in [2.24, 2.45) is 11.8 Å². The molecule has 2 bridgehead atoms. The van der Waals surface area contributed by atoms with E-state index >= 15 is 0 Å². The number of halogens is 1. The molecule has 104 valence electrons. The van der Waals surface area contributed by atoms with Crippen LogP contribution in [-0.2, 0) is 11.8 Å². The lowest BCUT2D eigenvalue weighted by molar-refractivity contribution is 0.0626. The maximum Gasteiger partial charge on any atom is 0.115 e.